The normalized spacial score (nSPS) is 12.0. The van der Waals surface area contributed by atoms with Crippen LogP contribution in [0.4, 0.5) is 13.2 Å². The molecule has 98 valence electrons. The van der Waals surface area contributed by atoms with E-state index in [-0.39, 0.29) is 4.47 Å². The summed E-state index contributed by atoms with van der Waals surface area (Å²) >= 11 is 2.83. The van der Waals surface area contributed by atoms with Gasteiger partial charge in [-0.05, 0) is 28.1 Å². The van der Waals surface area contributed by atoms with Crippen LogP contribution in [0.2, 0.25) is 0 Å². The van der Waals surface area contributed by atoms with Gasteiger partial charge in [-0.3, -0.25) is 0 Å². The van der Waals surface area contributed by atoms with Crippen LogP contribution < -0.4 is 4.74 Å². The molecule has 0 amide bonds. The zero-order valence-corrected chi connectivity index (χ0v) is 11.3. The van der Waals surface area contributed by atoms with E-state index in [0.29, 0.717) is 0 Å². The Morgan fingerprint density at radius 1 is 1.39 bits per heavy atom. The lowest BCUT2D eigenvalue weighted by Crippen LogP contribution is -2.19. The van der Waals surface area contributed by atoms with Gasteiger partial charge in [0.05, 0.1) is 5.56 Å². The molecule has 0 aromatic heterocycles. The first-order valence-corrected chi connectivity index (χ1v) is 7.09. The third-order valence-corrected chi connectivity index (χ3v) is 3.67. The number of nitrogens with zero attached hydrogens (tertiary/aromatic N) is 1. The Labute approximate surface area is 112 Å². The lowest BCUT2D eigenvalue weighted by Gasteiger charge is -2.13. The topological polar surface area (TPSA) is 67.2 Å². The lowest BCUT2D eigenvalue weighted by molar-refractivity contribution is -0.275. The van der Waals surface area contributed by atoms with Crippen molar-refractivity contribution in [2.45, 2.75) is 11.3 Å². The van der Waals surface area contributed by atoms with E-state index in [1.165, 1.54) is 6.07 Å². The fourth-order valence-corrected chi connectivity index (χ4v) is 2.85. The molecule has 0 aliphatic carbocycles. The quantitative estimate of drug-likeness (QED) is 0.756. The van der Waals surface area contributed by atoms with E-state index in [9.17, 15) is 21.6 Å². The van der Waals surface area contributed by atoms with Gasteiger partial charge in [0.1, 0.15) is 11.0 Å². The second-order valence-electron chi connectivity index (χ2n) is 2.85. The summed E-state index contributed by atoms with van der Waals surface area (Å²) in [4.78, 5) is -1.03. The molecule has 0 heterocycles. The van der Waals surface area contributed by atoms with E-state index in [2.05, 4.69) is 20.7 Å². The van der Waals surface area contributed by atoms with Crippen molar-refractivity contribution in [3.8, 4) is 11.8 Å². The molecule has 0 unspecified atom stereocenters. The van der Waals surface area contributed by atoms with Gasteiger partial charge in [-0.2, -0.15) is 5.26 Å². The highest BCUT2D eigenvalue weighted by atomic mass is 79.9. The first-order valence-electron chi connectivity index (χ1n) is 3.99. The summed E-state index contributed by atoms with van der Waals surface area (Å²) in [6.07, 6.45) is -5.10. The van der Waals surface area contributed by atoms with Gasteiger partial charge in [0, 0.05) is 15.2 Å². The molecule has 0 saturated heterocycles. The molecule has 0 bridgehead atoms. The zero-order chi connectivity index (χ0) is 14.1. The van der Waals surface area contributed by atoms with Gasteiger partial charge in [-0.25, -0.2) is 8.42 Å². The number of rotatable bonds is 2. The standard InChI is InChI=1S/C8H2BrClF3NO3S/c9-5-1-2-6(17-8(11,12)13)7(4(5)3-14)18(10,15)16/h1-2H. The smallest absolute Gasteiger partial charge is 0.404 e. The van der Waals surface area contributed by atoms with Crippen molar-refractivity contribution >= 4 is 35.7 Å². The average molecular weight is 365 g/mol. The van der Waals surface area contributed by atoms with Crippen molar-refractivity contribution in [2.75, 3.05) is 0 Å². The molecular weight excluding hydrogens is 363 g/mol. The number of nitriles is 1. The van der Waals surface area contributed by atoms with Gasteiger partial charge < -0.3 is 4.74 Å². The first kappa shape index (κ1) is 15.1. The molecule has 0 radical (unpaired) electrons. The molecule has 0 atom stereocenters. The van der Waals surface area contributed by atoms with E-state index >= 15 is 0 Å². The Bertz CT molecular complexity index is 624. The molecule has 1 aromatic rings. The molecule has 4 nitrogen and oxygen atoms in total. The summed E-state index contributed by atoms with van der Waals surface area (Å²) in [5, 5.41) is 8.75. The van der Waals surface area contributed by atoms with E-state index in [1.807, 2.05) is 0 Å². The highest BCUT2D eigenvalue weighted by Crippen LogP contribution is 2.37. The van der Waals surface area contributed by atoms with Crippen LogP contribution in [0.5, 0.6) is 5.75 Å². The Kier molecular flexibility index (Phi) is 4.15. The van der Waals surface area contributed by atoms with Crippen LogP contribution in [0.3, 0.4) is 0 Å². The Morgan fingerprint density at radius 2 is 1.94 bits per heavy atom. The summed E-state index contributed by atoms with van der Waals surface area (Å²) < 4.78 is 62.2. The van der Waals surface area contributed by atoms with Gasteiger partial charge in [0.25, 0.3) is 9.05 Å². The molecule has 18 heavy (non-hydrogen) atoms. The average Bonchev–Trinajstić information content (AvgIpc) is 2.16. The molecule has 10 heteroatoms. The molecular formula is C8H2BrClF3NO3S. The van der Waals surface area contributed by atoms with E-state index in [1.54, 1.807) is 0 Å². The van der Waals surface area contributed by atoms with Gasteiger partial charge in [-0.15, -0.1) is 13.2 Å². The summed E-state index contributed by atoms with van der Waals surface area (Å²) in [6.45, 7) is 0. The SMILES string of the molecule is N#Cc1c(Br)ccc(OC(F)(F)F)c1S(=O)(=O)Cl. The minimum absolute atomic E-state index is 0.0150. The summed E-state index contributed by atoms with van der Waals surface area (Å²) in [7, 11) is 0.425. The van der Waals surface area contributed by atoms with Gasteiger partial charge in [0.2, 0.25) is 0 Å². The van der Waals surface area contributed by atoms with Crippen LogP contribution in [0.15, 0.2) is 21.5 Å². The van der Waals surface area contributed by atoms with Crippen molar-refractivity contribution in [2.24, 2.45) is 0 Å². The third-order valence-electron chi connectivity index (χ3n) is 1.65. The van der Waals surface area contributed by atoms with Crippen molar-refractivity contribution in [3.63, 3.8) is 0 Å². The summed E-state index contributed by atoms with van der Waals surface area (Å²) in [5.74, 6) is -1.06. The highest BCUT2D eigenvalue weighted by Gasteiger charge is 2.35. The van der Waals surface area contributed by atoms with E-state index < -0.39 is 31.6 Å². The molecule has 0 aliphatic rings. The maximum absolute atomic E-state index is 12.1. The van der Waals surface area contributed by atoms with Crippen molar-refractivity contribution in [1.29, 1.82) is 5.26 Å². The minimum atomic E-state index is -5.10. The van der Waals surface area contributed by atoms with Crippen LogP contribution >= 0.6 is 26.6 Å². The number of ether oxygens (including phenoxy) is 1. The van der Waals surface area contributed by atoms with Crippen LogP contribution in [-0.2, 0) is 9.05 Å². The zero-order valence-electron chi connectivity index (χ0n) is 8.12. The fourth-order valence-electron chi connectivity index (χ4n) is 1.09. The second kappa shape index (κ2) is 4.95. The highest BCUT2D eigenvalue weighted by molar-refractivity contribution is 9.10. The number of hydrogen-bond acceptors (Lipinski definition) is 4. The number of halogens is 5. The number of hydrogen-bond donors (Lipinski definition) is 0. The third kappa shape index (κ3) is 3.51. The molecule has 1 rings (SSSR count). The van der Waals surface area contributed by atoms with E-state index in [4.69, 9.17) is 15.9 Å². The lowest BCUT2D eigenvalue weighted by atomic mass is 10.2. The Hall–Kier alpha value is -0.980. The van der Waals surface area contributed by atoms with Crippen LogP contribution in [0.25, 0.3) is 0 Å². The van der Waals surface area contributed by atoms with Crippen molar-refractivity contribution in [1.82, 2.24) is 0 Å². The first-order chi connectivity index (χ1) is 8.06. The molecule has 0 aliphatic heterocycles. The summed E-state index contributed by atoms with van der Waals surface area (Å²) in [5.41, 5.74) is -0.563. The van der Waals surface area contributed by atoms with Crippen LogP contribution in [0, 0.1) is 11.3 Å². The number of alkyl halides is 3. The molecule has 0 N–H and O–H groups in total. The van der Waals surface area contributed by atoms with Crippen molar-refractivity contribution < 1.29 is 26.3 Å². The van der Waals surface area contributed by atoms with Crippen molar-refractivity contribution in [3.05, 3.63) is 22.2 Å². The maximum Gasteiger partial charge on any atom is 0.573 e. The van der Waals surface area contributed by atoms with Gasteiger partial charge in [-0.1, -0.05) is 0 Å². The molecule has 0 spiro atoms. The number of benzene rings is 1. The minimum Gasteiger partial charge on any atom is -0.404 e. The molecule has 1 aromatic carbocycles. The monoisotopic (exact) mass is 363 g/mol. The van der Waals surface area contributed by atoms with Gasteiger partial charge >= 0.3 is 6.36 Å². The molecule has 0 fully saturated rings. The Balaban J connectivity index is 3.61. The maximum atomic E-state index is 12.1. The predicted octanol–water partition coefficient (Wildman–Crippen LogP) is 3.15. The predicted molar refractivity (Wildman–Crippen MR) is 58.6 cm³/mol. The fraction of sp³-hybridized carbons (Fsp3) is 0.125. The van der Waals surface area contributed by atoms with Crippen LogP contribution in [0.1, 0.15) is 5.56 Å². The Morgan fingerprint density at radius 3 is 2.33 bits per heavy atom. The second-order valence-corrected chi connectivity index (χ2v) is 6.20. The molecule has 0 saturated carbocycles. The van der Waals surface area contributed by atoms with E-state index in [0.717, 1.165) is 12.1 Å². The van der Waals surface area contributed by atoms with Gasteiger partial charge in [0.15, 0.2) is 5.75 Å². The largest absolute Gasteiger partial charge is 0.573 e. The summed E-state index contributed by atoms with van der Waals surface area (Å²) in [6, 6.07) is 3.23. The van der Waals surface area contributed by atoms with Crippen LogP contribution in [-0.4, -0.2) is 14.8 Å².